The zero-order valence-corrected chi connectivity index (χ0v) is 11.1. The Balaban J connectivity index is 1.85. The maximum Gasteiger partial charge on any atom is 0.250 e. The molecule has 0 unspecified atom stereocenters. The smallest absolute Gasteiger partial charge is 0.250 e. The van der Waals surface area contributed by atoms with Crippen molar-refractivity contribution in [1.29, 1.82) is 0 Å². The van der Waals surface area contributed by atoms with Gasteiger partial charge in [0.05, 0.1) is 0 Å². The van der Waals surface area contributed by atoms with Gasteiger partial charge >= 0.3 is 0 Å². The van der Waals surface area contributed by atoms with Crippen molar-refractivity contribution < 1.29 is 14.0 Å². The van der Waals surface area contributed by atoms with Crippen LogP contribution in [-0.4, -0.2) is 24.9 Å². The normalized spacial score (nSPS) is 16.2. The minimum Gasteiger partial charge on any atom is -0.317 e. The molecule has 0 saturated carbocycles. The fourth-order valence-electron chi connectivity index (χ4n) is 2.10. The van der Waals surface area contributed by atoms with Crippen LogP contribution in [0.5, 0.6) is 0 Å². The average molecular weight is 276 g/mol. The lowest BCUT2D eigenvalue weighted by Gasteiger charge is -2.20. The van der Waals surface area contributed by atoms with Crippen molar-refractivity contribution in [2.75, 3.05) is 13.1 Å². The minimum atomic E-state index is -0.446. The number of carbonyl (C=O) groups excluding carboxylic acids is 2. The Morgan fingerprint density at radius 2 is 1.85 bits per heavy atom. The monoisotopic (exact) mass is 276 g/mol. The van der Waals surface area contributed by atoms with Crippen molar-refractivity contribution in [3.05, 3.63) is 41.7 Å². The third-order valence-electron chi connectivity index (χ3n) is 3.25. The van der Waals surface area contributed by atoms with E-state index in [0.717, 1.165) is 25.9 Å². The first kappa shape index (κ1) is 14.4. The van der Waals surface area contributed by atoms with Crippen LogP contribution in [-0.2, 0) is 9.59 Å². The molecule has 1 aromatic carbocycles. The van der Waals surface area contributed by atoms with E-state index in [1.54, 1.807) is 18.2 Å². The highest BCUT2D eigenvalue weighted by Gasteiger charge is 2.21. The van der Waals surface area contributed by atoms with Gasteiger partial charge in [-0.1, -0.05) is 12.1 Å². The fraction of sp³-hybridized carbons (Fsp3) is 0.333. The van der Waals surface area contributed by atoms with Crippen molar-refractivity contribution in [2.45, 2.75) is 12.8 Å². The average Bonchev–Trinajstić information content (AvgIpc) is 2.47. The molecule has 1 aromatic rings. The zero-order valence-electron chi connectivity index (χ0n) is 11.1. The van der Waals surface area contributed by atoms with Gasteiger partial charge in [0.2, 0.25) is 5.91 Å². The van der Waals surface area contributed by atoms with Crippen LogP contribution in [0.25, 0.3) is 6.08 Å². The molecule has 1 saturated heterocycles. The zero-order chi connectivity index (χ0) is 14.4. The number of carbonyl (C=O) groups is 2. The first-order valence-electron chi connectivity index (χ1n) is 6.64. The topological polar surface area (TPSA) is 58.2 Å². The number of amides is 2. The summed E-state index contributed by atoms with van der Waals surface area (Å²) in [5.41, 5.74) is 0.705. The Morgan fingerprint density at radius 3 is 2.50 bits per heavy atom. The van der Waals surface area contributed by atoms with E-state index in [4.69, 9.17) is 0 Å². The molecule has 0 bridgehead atoms. The summed E-state index contributed by atoms with van der Waals surface area (Å²) >= 11 is 0. The second-order valence-corrected chi connectivity index (χ2v) is 4.76. The lowest BCUT2D eigenvalue weighted by Crippen LogP contribution is -2.40. The van der Waals surface area contributed by atoms with Gasteiger partial charge in [0.1, 0.15) is 5.82 Å². The van der Waals surface area contributed by atoms with Crippen LogP contribution in [0.3, 0.4) is 0 Å². The molecule has 0 radical (unpaired) electrons. The van der Waals surface area contributed by atoms with Crippen LogP contribution in [0.15, 0.2) is 30.3 Å². The van der Waals surface area contributed by atoms with Crippen molar-refractivity contribution in [3.63, 3.8) is 0 Å². The highest BCUT2D eigenvalue weighted by atomic mass is 19.1. The number of halogens is 1. The molecule has 0 aromatic heterocycles. The summed E-state index contributed by atoms with van der Waals surface area (Å²) in [5.74, 6) is -1.09. The van der Waals surface area contributed by atoms with Crippen molar-refractivity contribution >= 4 is 17.9 Å². The molecule has 0 atom stereocenters. The van der Waals surface area contributed by atoms with E-state index in [1.807, 2.05) is 0 Å². The van der Waals surface area contributed by atoms with E-state index in [2.05, 4.69) is 10.6 Å². The molecule has 1 fully saturated rings. The maximum absolute atomic E-state index is 12.7. The Labute approximate surface area is 117 Å². The number of benzene rings is 1. The minimum absolute atomic E-state index is 0.0978. The summed E-state index contributed by atoms with van der Waals surface area (Å²) in [6, 6.07) is 5.76. The highest BCUT2D eigenvalue weighted by Crippen LogP contribution is 2.11. The van der Waals surface area contributed by atoms with Crippen molar-refractivity contribution in [2.24, 2.45) is 5.92 Å². The maximum atomic E-state index is 12.7. The third-order valence-corrected chi connectivity index (χ3v) is 3.25. The molecule has 5 heteroatoms. The lowest BCUT2D eigenvalue weighted by molar-refractivity contribution is -0.131. The molecule has 0 spiro atoms. The van der Waals surface area contributed by atoms with E-state index >= 15 is 0 Å². The predicted octanol–water partition coefficient (Wildman–Crippen LogP) is 1.48. The second kappa shape index (κ2) is 6.96. The number of rotatable bonds is 3. The summed E-state index contributed by atoms with van der Waals surface area (Å²) in [6.45, 7) is 1.61. The number of nitrogens with one attached hydrogen (secondary N) is 2. The summed E-state index contributed by atoms with van der Waals surface area (Å²) < 4.78 is 12.7. The largest absolute Gasteiger partial charge is 0.317 e. The number of piperidine rings is 1. The molecular formula is C15H17FN2O2. The lowest BCUT2D eigenvalue weighted by atomic mass is 9.97. The molecule has 20 heavy (non-hydrogen) atoms. The Kier molecular flexibility index (Phi) is 5.01. The second-order valence-electron chi connectivity index (χ2n) is 4.76. The van der Waals surface area contributed by atoms with Gasteiger partial charge in [-0.15, -0.1) is 0 Å². The molecule has 4 nitrogen and oxygen atoms in total. The number of hydrogen-bond donors (Lipinski definition) is 2. The van der Waals surface area contributed by atoms with Crippen LogP contribution in [0.4, 0.5) is 4.39 Å². The van der Waals surface area contributed by atoms with E-state index in [-0.39, 0.29) is 17.6 Å². The Hall–Kier alpha value is -2.01. The van der Waals surface area contributed by atoms with Gasteiger partial charge in [-0.3, -0.25) is 14.9 Å². The summed E-state index contributed by atoms with van der Waals surface area (Å²) in [5, 5.41) is 5.53. The molecule has 106 valence electrons. The Morgan fingerprint density at radius 1 is 1.20 bits per heavy atom. The standard InChI is InChI=1S/C15H17FN2O2/c16-13-4-1-11(2-5-13)3-6-14(19)18-15(20)12-7-9-17-10-8-12/h1-6,12,17H,7-10H2,(H,18,19,20)/b6-3+. The van der Waals surface area contributed by atoms with Crippen LogP contribution >= 0.6 is 0 Å². The van der Waals surface area contributed by atoms with Gasteiger partial charge in [-0.2, -0.15) is 0 Å². The van der Waals surface area contributed by atoms with Gasteiger partial charge in [0.15, 0.2) is 0 Å². The van der Waals surface area contributed by atoms with Gasteiger partial charge < -0.3 is 5.32 Å². The SMILES string of the molecule is O=C(/C=C/c1ccc(F)cc1)NC(=O)C1CCNCC1. The quantitative estimate of drug-likeness (QED) is 0.822. The van der Waals surface area contributed by atoms with Gasteiger partial charge in [-0.25, -0.2) is 4.39 Å². The first-order chi connectivity index (χ1) is 9.65. The van der Waals surface area contributed by atoms with Crippen LogP contribution in [0.1, 0.15) is 18.4 Å². The molecule has 1 heterocycles. The van der Waals surface area contributed by atoms with Gasteiger partial charge in [-0.05, 0) is 49.7 Å². The summed E-state index contributed by atoms with van der Waals surface area (Å²) in [6.07, 6.45) is 4.33. The third kappa shape index (κ3) is 4.28. The van der Waals surface area contributed by atoms with Crippen LogP contribution in [0.2, 0.25) is 0 Å². The van der Waals surface area contributed by atoms with E-state index < -0.39 is 5.91 Å². The molecule has 0 aliphatic carbocycles. The Bertz CT molecular complexity index is 505. The molecular weight excluding hydrogens is 259 g/mol. The molecule has 2 N–H and O–H groups in total. The van der Waals surface area contributed by atoms with E-state index in [0.29, 0.717) is 5.56 Å². The first-order valence-corrected chi connectivity index (χ1v) is 6.64. The predicted molar refractivity (Wildman–Crippen MR) is 74.2 cm³/mol. The van der Waals surface area contributed by atoms with Crippen molar-refractivity contribution in [3.8, 4) is 0 Å². The van der Waals surface area contributed by atoms with Crippen LogP contribution < -0.4 is 10.6 Å². The van der Waals surface area contributed by atoms with Gasteiger partial charge in [0, 0.05) is 12.0 Å². The van der Waals surface area contributed by atoms with E-state index in [1.165, 1.54) is 18.2 Å². The molecule has 1 aliphatic heterocycles. The molecule has 2 rings (SSSR count). The molecule has 1 aliphatic rings. The fourth-order valence-corrected chi connectivity index (χ4v) is 2.10. The van der Waals surface area contributed by atoms with Gasteiger partial charge in [0.25, 0.3) is 5.91 Å². The van der Waals surface area contributed by atoms with Crippen molar-refractivity contribution in [1.82, 2.24) is 10.6 Å². The number of imide groups is 1. The van der Waals surface area contributed by atoms with E-state index in [9.17, 15) is 14.0 Å². The molecule has 2 amide bonds. The summed E-state index contributed by atoms with van der Waals surface area (Å²) in [7, 11) is 0. The summed E-state index contributed by atoms with van der Waals surface area (Å²) in [4.78, 5) is 23.4. The van der Waals surface area contributed by atoms with Crippen LogP contribution in [0, 0.1) is 11.7 Å². The highest BCUT2D eigenvalue weighted by molar-refractivity contribution is 6.03. The number of hydrogen-bond acceptors (Lipinski definition) is 3.